The molecule has 0 aromatic carbocycles. The maximum atomic E-state index is 4.40. The Morgan fingerprint density at radius 1 is 1.45 bits per heavy atom. The lowest BCUT2D eigenvalue weighted by atomic mass is 10.2. The van der Waals surface area contributed by atoms with Crippen molar-refractivity contribution in [3.05, 3.63) is 22.4 Å². The van der Waals surface area contributed by atoms with Crippen molar-refractivity contribution >= 4 is 41.3 Å². The summed E-state index contributed by atoms with van der Waals surface area (Å²) in [5.41, 5.74) is 1.33. The fourth-order valence-corrected chi connectivity index (χ4v) is 3.31. The number of halogens is 1. The molecule has 1 atom stereocenters. The van der Waals surface area contributed by atoms with Gasteiger partial charge >= 0.3 is 0 Å². The Morgan fingerprint density at radius 2 is 2.23 bits per heavy atom. The molecule has 1 fully saturated rings. The number of aliphatic imine (C=N–C) groups is 1. The van der Waals surface area contributed by atoms with Crippen molar-refractivity contribution in [2.24, 2.45) is 4.99 Å². The highest BCUT2D eigenvalue weighted by molar-refractivity contribution is 14.0. The Kier molecular flexibility index (Phi) is 8.66. The largest absolute Gasteiger partial charge is 0.355 e. The van der Waals surface area contributed by atoms with E-state index in [-0.39, 0.29) is 24.0 Å². The van der Waals surface area contributed by atoms with Crippen molar-refractivity contribution in [3.8, 4) is 0 Å². The summed E-state index contributed by atoms with van der Waals surface area (Å²) in [6, 6.07) is 2.70. The quantitative estimate of drug-likeness (QED) is 0.441. The van der Waals surface area contributed by atoms with Crippen molar-refractivity contribution < 1.29 is 0 Å². The SMILES string of the molecule is CN=C(NCC1CN(C)CCN1C)N(C)Cc1ccsc1.I. The van der Waals surface area contributed by atoms with Crippen LogP contribution in [-0.4, -0.2) is 81.1 Å². The second-order valence-corrected chi connectivity index (χ2v) is 6.59. The van der Waals surface area contributed by atoms with E-state index >= 15 is 0 Å². The van der Waals surface area contributed by atoms with Crippen molar-refractivity contribution in [1.29, 1.82) is 0 Å². The van der Waals surface area contributed by atoms with Crippen LogP contribution in [0.25, 0.3) is 0 Å². The summed E-state index contributed by atoms with van der Waals surface area (Å²) in [7, 11) is 8.33. The van der Waals surface area contributed by atoms with Gasteiger partial charge in [0.05, 0.1) is 0 Å². The average molecular weight is 437 g/mol. The molecule has 1 aromatic heterocycles. The minimum absolute atomic E-state index is 0. The van der Waals surface area contributed by atoms with Crippen LogP contribution in [0.1, 0.15) is 5.56 Å². The number of nitrogens with one attached hydrogen (secondary N) is 1. The molecule has 1 aliphatic rings. The number of guanidine groups is 1. The fraction of sp³-hybridized carbons (Fsp3) is 0.667. The van der Waals surface area contributed by atoms with E-state index in [0.717, 1.165) is 38.7 Å². The van der Waals surface area contributed by atoms with Crippen LogP contribution in [0.3, 0.4) is 0 Å². The number of piperazine rings is 1. The third-order valence-corrected chi connectivity index (χ3v) is 4.78. The van der Waals surface area contributed by atoms with Crippen LogP contribution in [0, 0.1) is 0 Å². The molecule has 5 nitrogen and oxygen atoms in total. The molecular weight excluding hydrogens is 409 g/mol. The van der Waals surface area contributed by atoms with Gasteiger partial charge in [-0.2, -0.15) is 11.3 Å². The molecule has 1 N–H and O–H groups in total. The molecule has 0 spiro atoms. The second kappa shape index (κ2) is 9.69. The predicted octanol–water partition coefficient (Wildman–Crippen LogP) is 1.62. The van der Waals surface area contributed by atoms with Gasteiger partial charge in [0.15, 0.2) is 5.96 Å². The zero-order valence-electron chi connectivity index (χ0n) is 14.0. The Hall–Kier alpha value is -0.380. The first kappa shape index (κ1) is 19.7. The lowest BCUT2D eigenvalue weighted by molar-refractivity contribution is 0.116. The van der Waals surface area contributed by atoms with E-state index in [1.54, 1.807) is 11.3 Å². The predicted molar refractivity (Wildman–Crippen MR) is 106 cm³/mol. The Morgan fingerprint density at radius 3 is 2.86 bits per heavy atom. The Balaban J connectivity index is 0.00000242. The lowest BCUT2D eigenvalue weighted by Crippen LogP contribution is -2.55. The van der Waals surface area contributed by atoms with Crippen LogP contribution < -0.4 is 5.32 Å². The molecule has 2 rings (SSSR count). The molecule has 0 bridgehead atoms. The first-order chi connectivity index (χ1) is 10.1. The molecule has 1 aromatic rings. The summed E-state index contributed by atoms with van der Waals surface area (Å²) in [5.74, 6) is 0.961. The summed E-state index contributed by atoms with van der Waals surface area (Å²) in [4.78, 5) is 11.4. The molecule has 126 valence electrons. The molecule has 0 amide bonds. The van der Waals surface area contributed by atoms with Crippen LogP contribution in [-0.2, 0) is 6.54 Å². The Bertz CT molecular complexity index is 451. The number of hydrogen-bond donors (Lipinski definition) is 1. The average Bonchev–Trinajstić information content (AvgIpc) is 2.96. The van der Waals surface area contributed by atoms with Crippen molar-refractivity contribution in [2.75, 3.05) is 54.4 Å². The zero-order valence-corrected chi connectivity index (χ0v) is 17.1. The van der Waals surface area contributed by atoms with E-state index in [0.29, 0.717) is 6.04 Å². The van der Waals surface area contributed by atoms with Gasteiger partial charge in [-0.15, -0.1) is 24.0 Å². The maximum absolute atomic E-state index is 4.40. The van der Waals surface area contributed by atoms with E-state index in [2.05, 4.69) is 63.0 Å². The Labute approximate surface area is 155 Å². The van der Waals surface area contributed by atoms with E-state index in [1.165, 1.54) is 5.56 Å². The minimum atomic E-state index is 0. The van der Waals surface area contributed by atoms with E-state index in [9.17, 15) is 0 Å². The summed E-state index contributed by atoms with van der Waals surface area (Å²) in [6.07, 6.45) is 0. The number of rotatable bonds is 4. The molecular formula is C15H28IN5S. The van der Waals surface area contributed by atoms with Gasteiger partial charge in [0, 0.05) is 52.9 Å². The van der Waals surface area contributed by atoms with E-state index < -0.39 is 0 Å². The van der Waals surface area contributed by atoms with Gasteiger partial charge in [-0.25, -0.2) is 0 Å². The zero-order chi connectivity index (χ0) is 15.2. The van der Waals surface area contributed by atoms with Crippen LogP contribution in [0.5, 0.6) is 0 Å². The summed E-state index contributed by atoms with van der Waals surface area (Å²) in [6.45, 7) is 5.21. The van der Waals surface area contributed by atoms with Gasteiger partial charge in [0.1, 0.15) is 0 Å². The summed E-state index contributed by atoms with van der Waals surface area (Å²) < 4.78 is 0. The lowest BCUT2D eigenvalue weighted by Gasteiger charge is -2.38. The highest BCUT2D eigenvalue weighted by Gasteiger charge is 2.22. The number of likely N-dealkylation sites (N-methyl/N-ethyl adjacent to an activating group) is 2. The smallest absolute Gasteiger partial charge is 0.193 e. The highest BCUT2D eigenvalue weighted by Crippen LogP contribution is 2.09. The molecule has 1 aliphatic heterocycles. The third kappa shape index (κ3) is 5.68. The highest BCUT2D eigenvalue weighted by atomic mass is 127. The molecule has 0 aliphatic carbocycles. The number of nitrogens with zero attached hydrogens (tertiary/aromatic N) is 4. The van der Waals surface area contributed by atoms with Gasteiger partial charge in [0.2, 0.25) is 0 Å². The van der Waals surface area contributed by atoms with Gasteiger partial charge in [-0.1, -0.05) is 0 Å². The normalized spacial score (nSPS) is 20.5. The molecule has 1 unspecified atom stereocenters. The number of thiophene rings is 1. The van der Waals surface area contributed by atoms with Gasteiger partial charge in [0.25, 0.3) is 0 Å². The van der Waals surface area contributed by atoms with E-state index in [4.69, 9.17) is 0 Å². The van der Waals surface area contributed by atoms with Crippen molar-refractivity contribution in [1.82, 2.24) is 20.0 Å². The monoisotopic (exact) mass is 437 g/mol. The van der Waals surface area contributed by atoms with Gasteiger partial charge in [-0.05, 0) is 36.5 Å². The standard InChI is InChI=1S/C15H27N5S.HI/c1-16-15(20(4)10-13-5-8-21-12-13)17-9-14-11-18(2)6-7-19(14)3;/h5,8,12,14H,6-7,9-11H2,1-4H3,(H,16,17);1H. The summed E-state index contributed by atoms with van der Waals surface area (Å²) >= 11 is 1.74. The molecule has 22 heavy (non-hydrogen) atoms. The molecule has 0 radical (unpaired) electrons. The van der Waals surface area contributed by atoms with Crippen LogP contribution in [0.2, 0.25) is 0 Å². The molecule has 0 saturated carbocycles. The molecule has 7 heteroatoms. The summed E-state index contributed by atoms with van der Waals surface area (Å²) in [5, 5.41) is 7.82. The number of hydrogen-bond acceptors (Lipinski definition) is 4. The third-order valence-electron chi connectivity index (χ3n) is 4.05. The maximum Gasteiger partial charge on any atom is 0.193 e. The molecule has 1 saturated heterocycles. The van der Waals surface area contributed by atoms with Gasteiger partial charge < -0.3 is 15.1 Å². The van der Waals surface area contributed by atoms with Crippen LogP contribution in [0.15, 0.2) is 21.8 Å². The fourth-order valence-electron chi connectivity index (χ4n) is 2.65. The van der Waals surface area contributed by atoms with Crippen LogP contribution in [0.4, 0.5) is 0 Å². The van der Waals surface area contributed by atoms with Crippen molar-refractivity contribution in [3.63, 3.8) is 0 Å². The first-order valence-corrected chi connectivity index (χ1v) is 8.36. The second-order valence-electron chi connectivity index (χ2n) is 5.81. The van der Waals surface area contributed by atoms with Crippen molar-refractivity contribution in [2.45, 2.75) is 12.6 Å². The topological polar surface area (TPSA) is 34.1 Å². The molecule has 2 heterocycles. The van der Waals surface area contributed by atoms with Crippen LogP contribution >= 0.6 is 35.3 Å². The minimum Gasteiger partial charge on any atom is -0.355 e. The van der Waals surface area contributed by atoms with E-state index in [1.807, 2.05) is 7.05 Å². The first-order valence-electron chi connectivity index (χ1n) is 7.41. The van der Waals surface area contributed by atoms with Gasteiger partial charge in [-0.3, -0.25) is 9.89 Å².